The molecule has 10 heteroatoms. The number of hydrogen-bond acceptors (Lipinski definition) is 9. The molecule has 9 nitrogen and oxygen atoms in total. The molecule has 2 aromatic rings. The van der Waals surface area contributed by atoms with Crippen LogP contribution in [-0.4, -0.2) is 44.4 Å². The van der Waals surface area contributed by atoms with Gasteiger partial charge in [0.1, 0.15) is 0 Å². The van der Waals surface area contributed by atoms with Crippen molar-refractivity contribution in [3.63, 3.8) is 0 Å². The number of carbonyl (C=O) groups is 1. The van der Waals surface area contributed by atoms with E-state index < -0.39 is 11.7 Å². The summed E-state index contributed by atoms with van der Waals surface area (Å²) in [5, 5.41) is 35.9. The van der Waals surface area contributed by atoms with Crippen molar-refractivity contribution in [1.82, 2.24) is 15.2 Å². The molecule has 0 saturated carbocycles. The van der Waals surface area contributed by atoms with Gasteiger partial charge in [-0.25, -0.2) is 4.98 Å². The molecule has 0 spiro atoms. The van der Waals surface area contributed by atoms with Crippen LogP contribution in [0.5, 0.6) is 5.75 Å². The molecule has 0 aliphatic rings. The Labute approximate surface area is 123 Å². The van der Waals surface area contributed by atoms with Crippen molar-refractivity contribution in [2.24, 2.45) is 0 Å². The van der Waals surface area contributed by atoms with Crippen molar-refractivity contribution in [2.75, 3.05) is 18.1 Å². The fraction of sp³-hybridized carbons (Fsp3) is 0.182. The van der Waals surface area contributed by atoms with E-state index in [1.165, 1.54) is 25.3 Å². The molecule has 112 valence electrons. The standard InChI is InChI=1S/C11H12N4O5S/c1-20-9(17)5-21-11-12-10(13-14-11)6-2-3-8(16)7(4-6)15(18)19/h2-4,16,18-19H,5H2,1H3,(H,12,13,14)/p-1. The van der Waals surface area contributed by atoms with Gasteiger partial charge in [-0.15, -0.1) is 10.3 Å². The summed E-state index contributed by atoms with van der Waals surface area (Å²) in [7, 11) is 1.29. The lowest BCUT2D eigenvalue weighted by Gasteiger charge is -2.17. The van der Waals surface area contributed by atoms with E-state index in [-0.39, 0.29) is 16.7 Å². The van der Waals surface area contributed by atoms with Crippen molar-refractivity contribution < 1.29 is 25.1 Å². The Balaban J connectivity index is 2.17. The van der Waals surface area contributed by atoms with E-state index in [2.05, 4.69) is 19.9 Å². The van der Waals surface area contributed by atoms with Crippen molar-refractivity contribution >= 4 is 23.4 Å². The number of H-pyrrole nitrogens is 1. The Morgan fingerprint density at radius 2 is 2.29 bits per heavy atom. The molecular weight excluding hydrogens is 300 g/mol. The summed E-state index contributed by atoms with van der Waals surface area (Å²) in [6.07, 6.45) is 0. The molecule has 21 heavy (non-hydrogen) atoms. The largest absolute Gasteiger partial charge is 0.871 e. The number of carbonyl (C=O) groups excluding carboxylic acids is 1. The van der Waals surface area contributed by atoms with Crippen LogP contribution >= 0.6 is 11.8 Å². The first-order valence-corrected chi connectivity index (χ1v) is 6.61. The van der Waals surface area contributed by atoms with Gasteiger partial charge in [0, 0.05) is 5.56 Å². The topological polar surface area (TPSA) is 135 Å². The van der Waals surface area contributed by atoms with Gasteiger partial charge < -0.3 is 9.84 Å². The van der Waals surface area contributed by atoms with Crippen molar-refractivity contribution in [2.45, 2.75) is 5.16 Å². The highest BCUT2D eigenvalue weighted by molar-refractivity contribution is 7.99. The van der Waals surface area contributed by atoms with Gasteiger partial charge >= 0.3 is 5.97 Å². The second-order valence-electron chi connectivity index (χ2n) is 3.80. The summed E-state index contributed by atoms with van der Waals surface area (Å²) in [6, 6.07) is 3.89. The minimum atomic E-state index is -0.552. The molecule has 0 aliphatic heterocycles. The SMILES string of the molecule is COC(=O)CSc1n[nH]c(-c2ccc([O-])c(N(O)O)c2)n1. The van der Waals surface area contributed by atoms with Crippen LogP contribution in [0.3, 0.4) is 0 Å². The highest BCUT2D eigenvalue weighted by Gasteiger charge is 2.10. The zero-order chi connectivity index (χ0) is 15.4. The Hall–Kier alpha value is -2.30. The number of esters is 1. The molecule has 1 heterocycles. The van der Waals surface area contributed by atoms with E-state index >= 15 is 0 Å². The Kier molecular flexibility index (Phi) is 4.62. The van der Waals surface area contributed by atoms with E-state index in [1.54, 1.807) is 0 Å². The number of aromatic nitrogens is 3. The molecule has 0 atom stereocenters. The minimum absolute atomic E-state index is 0.0690. The quantitative estimate of drug-likeness (QED) is 0.407. The molecule has 3 N–H and O–H groups in total. The molecule has 0 amide bonds. The maximum absolute atomic E-state index is 11.4. The Morgan fingerprint density at radius 3 is 2.95 bits per heavy atom. The Bertz CT molecular complexity index is 645. The number of anilines is 1. The number of benzene rings is 1. The van der Waals surface area contributed by atoms with Crippen LogP contribution in [0.1, 0.15) is 0 Å². The third-order valence-corrected chi connectivity index (χ3v) is 3.28. The third-order valence-electron chi connectivity index (χ3n) is 2.46. The van der Waals surface area contributed by atoms with Crippen LogP contribution in [0, 0.1) is 0 Å². The second-order valence-corrected chi connectivity index (χ2v) is 4.75. The van der Waals surface area contributed by atoms with Crippen molar-refractivity contribution in [3.8, 4) is 17.1 Å². The lowest BCUT2D eigenvalue weighted by Crippen LogP contribution is -2.13. The molecular formula is C11H11N4O5S-. The summed E-state index contributed by atoms with van der Waals surface area (Å²) in [6.45, 7) is 0. The Morgan fingerprint density at radius 1 is 1.52 bits per heavy atom. The van der Waals surface area contributed by atoms with E-state index in [9.17, 15) is 9.90 Å². The van der Waals surface area contributed by atoms with Crippen LogP contribution < -0.4 is 10.3 Å². The molecule has 2 rings (SSSR count). The van der Waals surface area contributed by atoms with E-state index in [0.29, 0.717) is 16.5 Å². The average molecular weight is 311 g/mol. The average Bonchev–Trinajstić information content (AvgIpc) is 2.93. The van der Waals surface area contributed by atoms with Gasteiger partial charge in [-0.3, -0.25) is 20.3 Å². The second kappa shape index (κ2) is 6.43. The first-order valence-electron chi connectivity index (χ1n) is 5.62. The highest BCUT2D eigenvalue weighted by Crippen LogP contribution is 2.28. The molecule has 1 aromatic heterocycles. The zero-order valence-corrected chi connectivity index (χ0v) is 11.6. The van der Waals surface area contributed by atoms with Gasteiger partial charge in [0.15, 0.2) is 5.82 Å². The van der Waals surface area contributed by atoms with E-state index in [1.807, 2.05) is 0 Å². The van der Waals surface area contributed by atoms with Crippen LogP contribution in [-0.2, 0) is 9.53 Å². The smallest absolute Gasteiger partial charge is 0.316 e. The first kappa shape index (κ1) is 15.1. The number of nitrogens with zero attached hydrogens (tertiary/aromatic N) is 3. The molecule has 0 fully saturated rings. The number of methoxy groups -OCH3 is 1. The summed E-state index contributed by atoms with van der Waals surface area (Å²) < 4.78 is 4.50. The van der Waals surface area contributed by atoms with Gasteiger partial charge in [-0.05, 0) is 6.07 Å². The lowest BCUT2D eigenvalue weighted by atomic mass is 10.2. The molecule has 0 radical (unpaired) electrons. The van der Waals surface area contributed by atoms with Gasteiger partial charge in [0.05, 0.1) is 18.6 Å². The molecule has 0 saturated heterocycles. The van der Waals surface area contributed by atoms with Gasteiger partial charge in [0.2, 0.25) is 5.16 Å². The monoisotopic (exact) mass is 311 g/mol. The zero-order valence-electron chi connectivity index (χ0n) is 10.8. The van der Waals surface area contributed by atoms with Crippen LogP contribution in [0.4, 0.5) is 5.69 Å². The lowest BCUT2D eigenvalue weighted by molar-refractivity contribution is -0.268. The van der Waals surface area contributed by atoms with Crippen LogP contribution in [0.25, 0.3) is 11.4 Å². The summed E-state index contributed by atoms with van der Waals surface area (Å²) in [4.78, 5) is 15.1. The van der Waals surface area contributed by atoms with E-state index in [0.717, 1.165) is 11.8 Å². The van der Waals surface area contributed by atoms with Crippen LogP contribution in [0.15, 0.2) is 23.4 Å². The molecule has 1 aromatic carbocycles. The van der Waals surface area contributed by atoms with Gasteiger partial charge in [-0.2, -0.15) is 0 Å². The third kappa shape index (κ3) is 3.62. The molecule has 0 bridgehead atoms. The number of nitrogens with one attached hydrogen (secondary N) is 1. The number of ether oxygens (including phenoxy) is 1. The fourth-order valence-electron chi connectivity index (χ4n) is 1.44. The predicted molar refractivity (Wildman–Crippen MR) is 70.1 cm³/mol. The first-order chi connectivity index (χ1) is 10.0. The number of hydrogen-bond donors (Lipinski definition) is 3. The highest BCUT2D eigenvalue weighted by atomic mass is 32.2. The molecule has 0 aliphatic carbocycles. The maximum atomic E-state index is 11.4. The molecule has 0 unspecified atom stereocenters. The fourth-order valence-corrected chi connectivity index (χ4v) is 2.07. The number of thioether (sulfide) groups is 1. The summed E-state index contributed by atoms with van der Waals surface area (Å²) in [5.41, 5.74) is 0.128. The number of rotatable bonds is 5. The van der Waals surface area contributed by atoms with Crippen LogP contribution in [0.2, 0.25) is 0 Å². The van der Waals surface area contributed by atoms with Crippen molar-refractivity contribution in [1.29, 1.82) is 0 Å². The summed E-state index contributed by atoms with van der Waals surface area (Å²) in [5.74, 6) is -0.561. The minimum Gasteiger partial charge on any atom is -0.871 e. The van der Waals surface area contributed by atoms with E-state index in [4.69, 9.17) is 10.4 Å². The summed E-state index contributed by atoms with van der Waals surface area (Å²) >= 11 is 1.08. The normalized spacial score (nSPS) is 10.4. The van der Waals surface area contributed by atoms with Gasteiger partial charge in [0.25, 0.3) is 0 Å². The van der Waals surface area contributed by atoms with Crippen molar-refractivity contribution in [3.05, 3.63) is 18.2 Å². The number of aromatic amines is 1. The predicted octanol–water partition coefficient (Wildman–Crippen LogP) is 0.395. The van der Waals surface area contributed by atoms with Gasteiger partial charge in [-0.1, -0.05) is 29.6 Å². The maximum Gasteiger partial charge on any atom is 0.316 e.